The Hall–Kier alpha value is -7.14. The van der Waals surface area contributed by atoms with Crippen LogP contribution < -0.4 is 0 Å². The first kappa shape index (κ1) is 53.6. The average molecular weight is 763 g/mol. The van der Waals surface area contributed by atoms with Gasteiger partial charge in [-0.3, -0.25) is 10.1 Å². The van der Waals surface area contributed by atoms with Crippen molar-refractivity contribution in [2.45, 2.75) is 36.1 Å². The standard InChI is InChI=1S/3C4H5N.C4H4O.C4H4S.2C3H4N2.C3H3NO.2C2H2N2O.4CH4/c5*1-2-4-5-3-1;1-2-5-3-4-1;1-2-4-5-3-1;1-2-5-3-4-1;1-3-4-2-5-1;1-3-2-5-4-1;;;;/h1,3-4H,2H2;2*1-5H;2*1-4H;2*1-3H,(H,4,5);1-3H;2*1-2H;4*1H4. The Balaban J connectivity index is -0.000000255. The lowest BCUT2D eigenvalue weighted by molar-refractivity contribution is 0.416. The number of rotatable bonds is 0. The smallest absolute Gasteiger partial charge is 0.213 e. The van der Waals surface area contributed by atoms with Gasteiger partial charge in [0.15, 0.2) is 12.7 Å². The monoisotopic (exact) mass is 762 g/mol. The minimum absolute atomic E-state index is 0. The number of hydrogen-bond donors (Lipinski definition) is 4. The molecule has 10 rings (SSSR count). The average Bonchev–Trinajstić information content (AvgIpc) is 4.08. The van der Waals surface area contributed by atoms with E-state index in [4.69, 9.17) is 0 Å². The van der Waals surface area contributed by atoms with E-state index in [1.165, 1.54) is 38.2 Å². The predicted octanol–water partition coefficient (Wildman–Crippen LogP) is 10.2. The summed E-state index contributed by atoms with van der Waals surface area (Å²) < 4.78 is 17.6. The number of oxazole rings is 1. The summed E-state index contributed by atoms with van der Waals surface area (Å²) >= 11 is 1.71. The van der Waals surface area contributed by atoms with Crippen LogP contribution in [0, 0.1) is 0 Å². The molecule has 0 aliphatic carbocycles. The van der Waals surface area contributed by atoms with E-state index in [0.717, 1.165) is 6.42 Å². The second-order valence-electron chi connectivity index (χ2n) is 7.67. The molecular formula is C37H54N12O4S. The highest BCUT2D eigenvalue weighted by Gasteiger charge is 1.73. The molecule has 0 radical (unpaired) electrons. The Labute approximate surface area is 321 Å². The third-order valence-corrected chi connectivity index (χ3v) is 4.73. The van der Waals surface area contributed by atoms with Gasteiger partial charge in [0.05, 0.1) is 25.1 Å². The number of aliphatic imine (C=N–C) groups is 1. The lowest BCUT2D eigenvalue weighted by Crippen LogP contribution is -1.53. The highest BCUT2D eigenvalue weighted by atomic mass is 32.1. The van der Waals surface area contributed by atoms with Crippen molar-refractivity contribution in [2.75, 3.05) is 0 Å². The van der Waals surface area contributed by atoms with E-state index < -0.39 is 0 Å². The van der Waals surface area contributed by atoms with Gasteiger partial charge in [0, 0.05) is 68.4 Å². The van der Waals surface area contributed by atoms with E-state index >= 15 is 0 Å². The van der Waals surface area contributed by atoms with Crippen LogP contribution in [0.2, 0.25) is 0 Å². The Bertz CT molecular complexity index is 1120. The topological polar surface area (TPSA) is 218 Å². The Kier molecular flexibility index (Phi) is 49.9. The summed E-state index contributed by atoms with van der Waals surface area (Å²) in [5.74, 6) is 0. The Morgan fingerprint density at radius 1 is 0.537 bits per heavy atom. The van der Waals surface area contributed by atoms with E-state index in [1.54, 1.807) is 67.4 Å². The first-order chi connectivity index (χ1) is 25.0. The molecule has 0 aromatic carbocycles. The molecule has 1 aliphatic heterocycles. The minimum atomic E-state index is 0. The fourth-order valence-electron chi connectivity index (χ4n) is 2.19. The second kappa shape index (κ2) is 50.2. The van der Waals surface area contributed by atoms with Crippen molar-refractivity contribution >= 4 is 17.6 Å². The summed E-state index contributed by atoms with van der Waals surface area (Å²) in [6.07, 6.45) is 35.6. The predicted molar refractivity (Wildman–Crippen MR) is 216 cm³/mol. The van der Waals surface area contributed by atoms with Crippen LogP contribution in [0.15, 0.2) is 213 Å². The van der Waals surface area contributed by atoms with Gasteiger partial charge in [0.2, 0.25) is 19.2 Å². The third kappa shape index (κ3) is 47.0. The van der Waals surface area contributed by atoms with Crippen molar-refractivity contribution < 1.29 is 17.8 Å². The van der Waals surface area contributed by atoms with Crippen LogP contribution in [0.4, 0.5) is 0 Å². The largest absolute Gasteiger partial charge is 0.473 e. The normalized spacial score (nSPS) is 8.30. The fraction of sp³-hybridized carbons (Fsp3) is 0.135. The molecule has 0 saturated carbocycles. The molecule has 10 heterocycles. The third-order valence-electron chi connectivity index (χ3n) is 4.11. The van der Waals surface area contributed by atoms with Crippen LogP contribution in [-0.2, 0) is 0 Å². The summed E-state index contributed by atoms with van der Waals surface area (Å²) in [4.78, 5) is 22.9. The SMILES string of the molecule is C.C.C.C.C1=CN=CC1.c1c[nH]cn1.c1cc[nH]c1.c1cc[nH]c1.c1ccoc1.c1ccsc1.c1cn[nH]c1.c1cocn1.c1ncon1.c1nnco1. The molecule has 1 aliphatic rings. The first-order valence-corrected chi connectivity index (χ1v) is 15.3. The van der Waals surface area contributed by atoms with E-state index in [2.05, 4.69) is 78.2 Å². The number of nitrogens with one attached hydrogen (secondary N) is 4. The van der Waals surface area contributed by atoms with E-state index in [9.17, 15) is 0 Å². The Morgan fingerprint density at radius 3 is 1.39 bits per heavy atom. The van der Waals surface area contributed by atoms with Crippen LogP contribution in [0.25, 0.3) is 0 Å². The molecule has 0 bridgehead atoms. The van der Waals surface area contributed by atoms with Gasteiger partial charge in [-0.1, -0.05) is 53.1 Å². The molecule has 0 amide bonds. The van der Waals surface area contributed by atoms with Crippen LogP contribution in [0.1, 0.15) is 36.1 Å². The highest BCUT2D eigenvalue weighted by molar-refractivity contribution is 7.07. The van der Waals surface area contributed by atoms with Crippen LogP contribution in [0.3, 0.4) is 0 Å². The number of furan rings is 1. The van der Waals surface area contributed by atoms with Gasteiger partial charge in [-0.15, -0.1) is 10.2 Å². The molecule has 17 heteroatoms. The van der Waals surface area contributed by atoms with Gasteiger partial charge in [0.1, 0.15) is 6.26 Å². The summed E-state index contributed by atoms with van der Waals surface area (Å²) in [5.41, 5.74) is 0. The second-order valence-corrected chi connectivity index (χ2v) is 8.49. The maximum Gasteiger partial charge on any atom is 0.213 e. The van der Waals surface area contributed by atoms with E-state index in [0.29, 0.717) is 0 Å². The van der Waals surface area contributed by atoms with Gasteiger partial charge in [-0.2, -0.15) is 16.4 Å². The number of aromatic amines is 4. The van der Waals surface area contributed by atoms with Crippen molar-refractivity contribution in [3.8, 4) is 0 Å². The molecule has 0 atom stereocenters. The molecule has 0 saturated heterocycles. The molecule has 54 heavy (non-hydrogen) atoms. The molecule has 9 aromatic heterocycles. The molecule has 0 fully saturated rings. The van der Waals surface area contributed by atoms with Gasteiger partial charge in [-0.05, 0) is 53.2 Å². The number of aromatic nitrogens is 11. The molecule has 9 aromatic rings. The zero-order valence-corrected chi connectivity index (χ0v) is 27.6. The quantitative estimate of drug-likeness (QED) is 0.114. The van der Waals surface area contributed by atoms with Gasteiger partial charge in [-0.25, -0.2) is 15.0 Å². The fourth-order valence-corrected chi connectivity index (χ4v) is 2.65. The van der Waals surface area contributed by atoms with Crippen molar-refractivity contribution in [3.05, 3.63) is 190 Å². The zero-order chi connectivity index (χ0) is 35.4. The van der Waals surface area contributed by atoms with Crippen LogP contribution in [-0.4, -0.2) is 61.7 Å². The number of nitrogens with zero attached hydrogens (tertiary/aromatic N) is 8. The minimum Gasteiger partial charge on any atom is -0.473 e. The summed E-state index contributed by atoms with van der Waals surface area (Å²) in [5, 5.41) is 20.1. The van der Waals surface area contributed by atoms with Crippen molar-refractivity contribution in [1.29, 1.82) is 0 Å². The molecule has 0 spiro atoms. The molecule has 4 N–H and O–H groups in total. The molecular weight excluding hydrogens is 709 g/mol. The summed E-state index contributed by atoms with van der Waals surface area (Å²) in [6, 6.07) is 17.3. The number of thiophene rings is 1. The Morgan fingerprint density at radius 2 is 1.22 bits per heavy atom. The van der Waals surface area contributed by atoms with Crippen molar-refractivity contribution in [3.63, 3.8) is 0 Å². The number of H-pyrrole nitrogens is 4. The molecule has 16 nitrogen and oxygen atoms in total. The number of hydrogen-bond acceptors (Lipinski definition) is 13. The van der Waals surface area contributed by atoms with Crippen LogP contribution >= 0.6 is 11.3 Å². The number of allylic oxidation sites excluding steroid dienone is 1. The van der Waals surface area contributed by atoms with E-state index in [1.807, 2.05) is 102 Å². The maximum absolute atomic E-state index is 4.58. The van der Waals surface area contributed by atoms with Crippen molar-refractivity contribution in [2.24, 2.45) is 4.99 Å². The van der Waals surface area contributed by atoms with Gasteiger partial charge >= 0.3 is 0 Å². The summed E-state index contributed by atoms with van der Waals surface area (Å²) in [6.45, 7) is 0. The van der Waals surface area contributed by atoms with Crippen molar-refractivity contribution in [1.82, 2.24) is 55.5 Å². The number of imidazole rings is 1. The highest BCUT2D eigenvalue weighted by Crippen LogP contribution is 1.91. The maximum atomic E-state index is 4.58. The zero-order valence-electron chi connectivity index (χ0n) is 26.8. The van der Waals surface area contributed by atoms with E-state index in [-0.39, 0.29) is 29.7 Å². The summed E-state index contributed by atoms with van der Waals surface area (Å²) in [7, 11) is 0. The first-order valence-electron chi connectivity index (χ1n) is 14.3. The molecule has 292 valence electrons. The van der Waals surface area contributed by atoms with Crippen LogP contribution in [0.5, 0.6) is 0 Å². The lowest BCUT2D eigenvalue weighted by atomic mass is 10.5. The van der Waals surface area contributed by atoms with Gasteiger partial charge < -0.3 is 32.7 Å². The lowest BCUT2D eigenvalue weighted by Gasteiger charge is -1.54. The molecule has 0 unspecified atom stereocenters. The van der Waals surface area contributed by atoms with Gasteiger partial charge in [0.25, 0.3) is 0 Å².